The third-order valence-electron chi connectivity index (χ3n) is 3.73. The molecule has 0 aliphatic carbocycles. The highest BCUT2D eigenvalue weighted by molar-refractivity contribution is 6.31. The quantitative estimate of drug-likeness (QED) is 0.924. The van der Waals surface area contributed by atoms with Crippen molar-refractivity contribution in [3.63, 3.8) is 0 Å². The molecular weight excluding hydrogens is 284 g/mol. The van der Waals surface area contributed by atoms with Crippen molar-refractivity contribution >= 4 is 17.3 Å². The topological polar surface area (TPSA) is 47.1 Å². The molecule has 114 valence electrons. The lowest BCUT2D eigenvalue weighted by molar-refractivity contribution is 0.638. The monoisotopic (exact) mass is 306 g/mol. The molecule has 0 aliphatic heterocycles. The summed E-state index contributed by atoms with van der Waals surface area (Å²) in [7, 11) is 5.97. The molecule has 0 saturated carbocycles. The van der Waals surface area contributed by atoms with Gasteiger partial charge >= 0.3 is 0 Å². The highest BCUT2D eigenvalue weighted by Gasteiger charge is 2.17. The normalized spacial score (nSPS) is 12.5. The second-order valence-electron chi connectivity index (χ2n) is 5.48. The van der Waals surface area contributed by atoms with Gasteiger partial charge in [-0.3, -0.25) is 4.68 Å². The minimum absolute atomic E-state index is 0.0949. The van der Waals surface area contributed by atoms with Crippen molar-refractivity contribution in [3.05, 3.63) is 46.2 Å². The van der Waals surface area contributed by atoms with Gasteiger partial charge in [-0.05, 0) is 24.1 Å². The number of aromatic nitrogens is 2. The number of rotatable bonds is 5. The molecule has 1 aromatic carbocycles. The summed E-state index contributed by atoms with van der Waals surface area (Å²) in [4.78, 5) is 2.07. The molecule has 0 amide bonds. The molecule has 1 atom stereocenters. The number of nitrogens with two attached hydrogens (primary N) is 1. The molecule has 5 heteroatoms. The Balaban J connectivity index is 2.24. The van der Waals surface area contributed by atoms with E-state index in [1.54, 1.807) is 0 Å². The molecule has 21 heavy (non-hydrogen) atoms. The Morgan fingerprint density at radius 2 is 2.10 bits per heavy atom. The van der Waals surface area contributed by atoms with Gasteiger partial charge in [0, 0.05) is 39.3 Å². The van der Waals surface area contributed by atoms with Crippen molar-refractivity contribution in [1.82, 2.24) is 9.78 Å². The predicted molar refractivity (Wildman–Crippen MR) is 89.0 cm³/mol. The van der Waals surface area contributed by atoms with E-state index in [2.05, 4.69) is 35.1 Å². The highest BCUT2D eigenvalue weighted by atomic mass is 35.5. The highest BCUT2D eigenvalue weighted by Crippen LogP contribution is 2.26. The van der Waals surface area contributed by atoms with Crippen LogP contribution in [0.1, 0.15) is 29.9 Å². The molecule has 2 aromatic rings. The standard InChI is InChI=1S/C16H23ClN4/c1-5-14-16(17)15(21(4)19-14)10-13(18)11-7-6-8-12(9-11)20(2)3/h6-9,13H,5,10,18H2,1-4H3. The maximum Gasteiger partial charge on any atom is 0.0850 e. The maximum atomic E-state index is 6.40. The molecule has 0 bridgehead atoms. The Hall–Kier alpha value is -1.52. The third-order valence-corrected chi connectivity index (χ3v) is 4.17. The smallest absolute Gasteiger partial charge is 0.0850 e. The van der Waals surface area contributed by atoms with Crippen molar-refractivity contribution in [1.29, 1.82) is 0 Å². The Morgan fingerprint density at radius 3 is 2.67 bits per heavy atom. The Bertz CT molecular complexity index is 619. The average Bonchev–Trinajstić information content (AvgIpc) is 2.74. The first-order valence-electron chi connectivity index (χ1n) is 7.17. The van der Waals surface area contributed by atoms with Gasteiger partial charge in [-0.2, -0.15) is 5.10 Å². The van der Waals surface area contributed by atoms with Gasteiger partial charge in [0.15, 0.2) is 0 Å². The van der Waals surface area contributed by atoms with Gasteiger partial charge in [-0.15, -0.1) is 0 Å². The summed E-state index contributed by atoms with van der Waals surface area (Å²) in [5.74, 6) is 0. The summed E-state index contributed by atoms with van der Waals surface area (Å²) in [6.07, 6.45) is 1.51. The molecule has 0 fully saturated rings. The molecule has 4 nitrogen and oxygen atoms in total. The minimum atomic E-state index is -0.0949. The van der Waals surface area contributed by atoms with E-state index in [1.165, 1.54) is 0 Å². The largest absolute Gasteiger partial charge is 0.378 e. The van der Waals surface area contributed by atoms with Gasteiger partial charge in [0.05, 0.1) is 16.4 Å². The Kier molecular flexibility index (Phi) is 4.91. The summed E-state index contributed by atoms with van der Waals surface area (Å²) in [6, 6.07) is 8.19. The SMILES string of the molecule is CCc1nn(C)c(CC(N)c2cccc(N(C)C)c2)c1Cl. The van der Waals surface area contributed by atoms with E-state index in [0.29, 0.717) is 6.42 Å². The fourth-order valence-corrected chi connectivity index (χ4v) is 2.77. The molecule has 0 spiro atoms. The first kappa shape index (κ1) is 15.9. The minimum Gasteiger partial charge on any atom is -0.378 e. The van der Waals surface area contributed by atoms with E-state index in [4.69, 9.17) is 17.3 Å². The molecule has 1 unspecified atom stereocenters. The van der Waals surface area contributed by atoms with Crippen molar-refractivity contribution in [2.45, 2.75) is 25.8 Å². The summed E-state index contributed by atoms with van der Waals surface area (Å²) in [6.45, 7) is 2.05. The first-order chi connectivity index (χ1) is 9.93. The van der Waals surface area contributed by atoms with Crippen molar-refractivity contribution < 1.29 is 0 Å². The molecule has 0 aliphatic rings. The lowest BCUT2D eigenvalue weighted by Gasteiger charge is -2.17. The van der Waals surface area contributed by atoms with Crippen molar-refractivity contribution in [3.8, 4) is 0 Å². The maximum absolute atomic E-state index is 6.40. The van der Waals surface area contributed by atoms with Crippen LogP contribution in [0.15, 0.2) is 24.3 Å². The Morgan fingerprint density at radius 1 is 1.38 bits per heavy atom. The molecule has 2 rings (SSSR count). The number of halogens is 1. The predicted octanol–water partition coefficient (Wildman–Crippen LogP) is 2.94. The lowest BCUT2D eigenvalue weighted by Crippen LogP contribution is -2.17. The summed E-state index contributed by atoms with van der Waals surface area (Å²) in [5.41, 5.74) is 10.6. The van der Waals surface area contributed by atoms with Gasteiger partial charge < -0.3 is 10.6 Å². The van der Waals surface area contributed by atoms with Crippen LogP contribution in [0, 0.1) is 0 Å². The molecule has 0 saturated heterocycles. The van der Waals surface area contributed by atoms with Crippen molar-refractivity contribution in [2.75, 3.05) is 19.0 Å². The number of benzene rings is 1. The van der Waals surface area contributed by atoms with E-state index in [9.17, 15) is 0 Å². The van der Waals surface area contributed by atoms with E-state index < -0.39 is 0 Å². The van der Waals surface area contributed by atoms with Crippen LogP contribution in [0.4, 0.5) is 5.69 Å². The van der Waals surface area contributed by atoms with Crippen molar-refractivity contribution in [2.24, 2.45) is 12.8 Å². The first-order valence-corrected chi connectivity index (χ1v) is 7.55. The molecule has 1 heterocycles. The van der Waals surface area contributed by atoms with Crippen LogP contribution in [0.3, 0.4) is 0 Å². The Labute approximate surface area is 131 Å². The molecular formula is C16H23ClN4. The van der Waals surface area contributed by atoms with E-state index in [-0.39, 0.29) is 6.04 Å². The van der Waals surface area contributed by atoms with E-state index >= 15 is 0 Å². The van der Waals surface area contributed by atoms with Crippen LogP contribution in [0.5, 0.6) is 0 Å². The number of anilines is 1. The average molecular weight is 307 g/mol. The lowest BCUT2D eigenvalue weighted by atomic mass is 10.0. The molecule has 1 aromatic heterocycles. The van der Waals surface area contributed by atoms with Crippen LogP contribution in [0.2, 0.25) is 5.02 Å². The number of hydrogen-bond donors (Lipinski definition) is 1. The number of aryl methyl sites for hydroxylation is 2. The molecule has 0 radical (unpaired) electrons. The van der Waals surface area contributed by atoms with Crippen LogP contribution in [-0.2, 0) is 19.9 Å². The molecule has 2 N–H and O–H groups in total. The van der Waals surface area contributed by atoms with Gasteiger partial charge in [-0.25, -0.2) is 0 Å². The van der Waals surface area contributed by atoms with Crippen LogP contribution in [-0.4, -0.2) is 23.9 Å². The van der Waals surface area contributed by atoms with Gasteiger partial charge in [0.1, 0.15) is 0 Å². The second-order valence-corrected chi connectivity index (χ2v) is 5.86. The van der Waals surface area contributed by atoms with Gasteiger partial charge in [0.2, 0.25) is 0 Å². The van der Waals surface area contributed by atoms with E-state index in [0.717, 1.165) is 34.1 Å². The third kappa shape index (κ3) is 3.39. The zero-order valence-corrected chi connectivity index (χ0v) is 13.9. The van der Waals surface area contributed by atoms with Crippen LogP contribution in [0.25, 0.3) is 0 Å². The zero-order chi connectivity index (χ0) is 15.6. The van der Waals surface area contributed by atoms with Gasteiger partial charge in [0.25, 0.3) is 0 Å². The number of nitrogens with zero attached hydrogens (tertiary/aromatic N) is 3. The summed E-state index contributed by atoms with van der Waals surface area (Å²) >= 11 is 6.40. The zero-order valence-electron chi connectivity index (χ0n) is 13.1. The fraction of sp³-hybridized carbons (Fsp3) is 0.438. The summed E-state index contributed by atoms with van der Waals surface area (Å²) < 4.78 is 1.84. The second kappa shape index (κ2) is 6.50. The van der Waals surface area contributed by atoms with Crippen LogP contribution >= 0.6 is 11.6 Å². The van der Waals surface area contributed by atoms with E-state index in [1.807, 2.05) is 31.9 Å². The number of hydrogen-bond acceptors (Lipinski definition) is 3. The van der Waals surface area contributed by atoms with Crippen LogP contribution < -0.4 is 10.6 Å². The summed E-state index contributed by atoms with van der Waals surface area (Å²) in [5, 5.41) is 5.19. The van der Waals surface area contributed by atoms with Gasteiger partial charge in [-0.1, -0.05) is 30.7 Å². The fourth-order valence-electron chi connectivity index (χ4n) is 2.40.